The molecule has 2 fully saturated rings. The van der Waals surface area contributed by atoms with Crippen LogP contribution in [-0.4, -0.2) is 87.9 Å². The summed E-state index contributed by atoms with van der Waals surface area (Å²) in [4.78, 5) is 19.6. The number of amides is 1. The number of nitrogens with zero attached hydrogens (tertiary/aromatic N) is 3. The predicted molar refractivity (Wildman–Crippen MR) is 122 cm³/mol. The molecule has 0 aromatic heterocycles. The molecule has 2 aromatic rings. The molecule has 0 aliphatic carbocycles. The lowest BCUT2D eigenvalue weighted by Gasteiger charge is -2.42. The van der Waals surface area contributed by atoms with E-state index in [1.807, 2.05) is 29.2 Å². The Hall–Kier alpha value is -2.00. The molecule has 0 spiro atoms. The molecule has 2 aliphatic heterocycles. The molecule has 0 radical (unpaired) electrons. The summed E-state index contributed by atoms with van der Waals surface area (Å²) < 4.78 is 27.8. The molecular formula is C23H32N4O3S. The lowest BCUT2D eigenvalue weighted by molar-refractivity contribution is -0.133. The van der Waals surface area contributed by atoms with Crippen molar-refractivity contribution in [3.63, 3.8) is 0 Å². The lowest BCUT2D eigenvalue weighted by atomic mass is 10.0. The van der Waals surface area contributed by atoms with Crippen molar-refractivity contribution in [3.05, 3.63) is 42.5 Å². The van der Waals surface area contributed by atoms with Gasteiger partial charge in [0.25, 0.3) is 0 Å². The molecule has 1 unspecified atom stereocenters. The van der Waals surface area contributed by atoms with Crippen LogP contribution in [0.15, 0.2) is 47.4 Å². The van der Waals surface area contributed by atoms with E-state index in [-0.39, 0.29) is 23.8 Å². The third kappa shape index (κ3) is 5.44. The largest absolute Gasteiger partial charge is 0.340 e. The van der Waals surface area contributed by atoms with Crippen LogP contribution in [-0.2, 0) is 14.8 Å². The molecule has 2 aliphatic rings. The molecule has 2 saturated heterocycles. The number of fused-ring (bicyclic) bond motifs is 1. The molecule has 2 aromatic carbocycles. The quantitative estimate of drug-likeness (QED) is 0.735. The highest BCUT2D eigenvalue weighted by molar-refractivity contribution is 7.89. The minimum Gasteiger partial charge on any atom is -0.340 e. The zero-order chi connectivity index (χ0) is 21.8. The SMILES string of the molecule is CN1CCCC(N2CCN(C(=O)CCNS(=O)(=O)c3ccc4ccccc4c3)CC2)C1. The molecule has 0 bridgehead atoms. The van der Waals surface area contributed by atoms with E-state index in [1.54, 1.807) is 18.2 Å². The van der Waals surface area contributed by atoms with Crippen LogP contribution in [0.25, 0.3) is 10.8 Å². The van der Waals surface area contributed by atoms with E-state index in [1.165, 1.54) is 19.4 Å². The maximum Gasteiger partial charge on any atom is 0.240 e. The first kappa shape index (κ1) is 22.2. The third-order valence-corrected chi connectivity index (χ3v) is 7.90. The van der Waals surface area contributed by atoms with Gasteiger partial charge in [-0.2, -0.15) is 0 Å². The van der Waals surface area contributed by atoms with Crippen molar-refractivity contribution >= 4 is 26.7 Å². The van der Waals surface area contributed by atoms with Crippen molar-refractivity contribution in [3.8, 4) is 0 Å². The Morgan fingerprint density at radius 1 is 1.03 bits per heavy atom. The van der Waals surface area contributed by atoms with Gasteiger partial charge in [0.05, 0.1) is 4.90 Å². The van der Waals surface area contributed by atoms with E-state index in [0.29, 0.717) is 6.04 Å². The van der Waals surface area contributed by atoms with E-state index >= 15 is 0 Å². The zero-order valence-corrected chi connectivity index (χ0v) is 19.0. The van der Waals surface area contributed by atoms with Gasteiger partial charge in [0.15, 0.2) is 0 Å². The van der Waals surface area contributed by atoms with Crippen LogP contribution < -0.4 is 4.72 Å². The number of piperazine rings is 1. The highest BCUT2D eigenvalue weighted by Crippen LogP contribution is 2.19. The molecule has 2 heterocycles. The zero-order valence-electron chi connectivity index (χ0n) is 18.2. The fraction of sp³-hybridized carbons (Fsp3) is 0.522. The molecule has 1 N–H and O–H groups in total. The Kier molecular flexibility index (Phi) is 6.91. The Labute approximate surface area is 185 Å². The Morgan fingerprint density at radius 3 is 2.52 bits per heavy atom. The summed E-state index contributed by atoms with van der Waals surface area (Å²) in [6.45, 7) is 5.61. The van der Waals surface area contributed by atoms with Crippen molar-refractivity contribution in [1.82, 2.24) is 19.4 Å². The molecule has 7 nitrogen and oxygen atoms in total. The molecule has 31 heavy (non-hydrogen) atoms. The van der Waals surface area contributed by atoms with Crippen LogP contribution in [0.3, 0.4) is 0 Å². The number of piperidine rings is 1. The van der Waals surface area contributed by atoms with Crippen molar-refractivity contribution in [2.45, 2.75) is 30.2 Å². The van der Waals surface area contributed by atoms with Gasteiger partial charge in [0.2, 0.25) is 15.9 Å². The number of likely N-dealkylation sites (N-methyl/N-ethyl adjacent to an activating group) is 1. The van der Waals surface area contributed by atoms with E-state index in [0.717, 1.165) is 43.5 Å². The highest BCUT2D eigenvalue weighted by Gasteiger charge is 2.28. The maximum atomic E-state index is 12.6. The fourth-order valence-corrected chi connectivity index (χ4v) is 5.71. The molecule has 8 heteroatoms. The van der Waals surface area contributed by atoms with Crippen LogP contribution >= 0.6 is 0 Å². The summed E-state index contributed by atoms with van der Waals surface area (Å²) >= 11 is 0. The van der Waals surface area contributed by atoms with Gasteiger partial charge in [-0.1, -0.05) is 30.3 Å². The molecule has 0 saturated carbocycles. The lowest BCUT2D eigenvalue weighted by Crippen LogP contribution is -2.55. The number of hydrogen-bond donors (Lipinski definition) is 1. The van der Waals surface area contributed by atoms with Gasteiger partial charge in [-0.05, 0) is 49.3 Å². The summed E-state index contributed by atoms with van der Waals surface area (Å²) in [5.41, 5.74) is 0. The minimum absolute atomic E-state index is 0.0154. The Bertz CT molecular complexity index is 1020. The first-order valence-electron chi connectivity index (χ1n) is 11.1. The van der Waals surface area contributed by atoms with Crippen LogP contribution in [0, 0.1) is 0 Å². The summed E-state index contributed by atoms with van der Waals surface area (Å²) in [6.07, 6.45) is 2.64. The molecule has 4 rings (SSSR count). The van der Waals surface area contributed by atoms with E-state index in [9.17, 15) is 13.2 Å². The van der Waals surface area contributed by atoms with Gasteiger partial charge in [-0.3, -0.25) is 9.69 Å². The van der Waals surface area contributed by atoms with Gasteiger partial charge < -0.3 is 9.80 Å². The van der Waals surface area contributed by atoms with Gasteiger partial charge in [0, 0.05) is 51.7 Å². The topological polar surface area (TPSA) is 73.0 Å². The number of nitrogens with one attached hydrogen (secondary N) is 1. The summed E-state index contributed by atoms with van der Waals surface area (Å²) in [7, 11) is -1.47. The maximum absolute atomic E-state index is 12.6. The number of sulfonamides is 1. The second-order valence-electron chi connectivity index (χ2n) is 8.63. The van der Waals surface area contributed by atoms with Crippen LogP contribution in [0.4, 0.5) is 0 Å². The van der Waals surface area contributed by atoms with E-state index in [4.69, 9.17) is 0 Å². The normalized spacial score (nSPS) is 21.5. The fourth-order valence-electron chi connectivity index (χ4n) is 4.64. The number of hydrogen-bond acceptors (Lipinski definition) is 5. The molecular weight excluding hydrogens is 412 g/mol. The van der Waals surface area contributed by atoms with Crippen molar-refractivity contribution in [1.29, 1.82) is 0 Å². The van der Waals surface area contributed by atoms with Gasteiger partial charge in [-0.15, -0.1) is 0 Å². The van der Waals surface area contributed by atoms with Crippen LogP contribution in [0.2, 0.25) is 0 Å². The molecule has 168 valence electrons. The van der Waals surface area contributed by atoms with Crippen molar-refractivity contribution < 1.29 is 13.2 Å². The smallest absolute Gasteiger partial charge is 0.240 e. The number of carbonyl (C=O) groups is 1. The summed E-state index contributed by atoms with van der Waals surface area (Å²) in [6, 6.07) is 13.3. The average molecular weight is 445 g/mol. The first-order chi connectivity index (χ1) is 14.9. The summed E-state index contributed by atoms with van der Waals surface area (Å²) in [5.74, 6) is 0.0154. The van der Waals surface area contributed by atoms with Gasteiger partial charge in [0.1, 0.15) is 0 Å². The van der Waals surface area contributed by atoms with Crippen molar-refractivity contribution in [2.24, 2.45) is 0 Å². The number of rotatable bonds is 6. The Morgan fingerprint density at radius 2 is 1.77 bits per heavy atom. The monoisotopic (exact) mass is 444 g/mol. The number of benzene rings is 2. The van der Waals surface area contributed by atoms with Gasteiger partial charge >= 0.3 is 0 Å². The predicted octanol–water partition coefficient (Wildman–Crippen LogP) is 1.75. The van der Waals surface area contributed by atoms with Gasteiger partial charge in [-0.25, -0.2) is 13.1 Å². The second kappa shape index (κ2) is 9.65. The number of carbonyl (C=O) groups excluding carboxylic acids is 1. The Balaban J connectivity index is 1.25. The second-order valence-corrected chi connectivity index (χ2v) is 10.4. The minimum atomic E-state index is -3.64. The van der Waals surface area contributed by atoms with E-state index < -0.39 is 10.0 Å². The van der Waals surface area contributed by atoms with E-state index in [2.05, 4.69) is 21.6 Å². The molecule has 1 atom stereocenters. The standard InChI is InChI=1S/C23H32N4O3S/c1-25-12-4-7-21(18-25)26-13-15-27(16-14-26)23(28)10-11-24-31(29,30)22-9-8-19-5-2-3-6-20(19)17-22/h2-3,5-6,8-9,17,21,24H,4,7,10-16,18H2,1H3. The average Bonchev–Trinajstić information content (AvgIpc) is 2.78. The summed E-state index contributed by atoms with van der Waals surface area (Å²) in [5, 5.41) is 1.87. The number of likely N-dealkylation sites (tertiary alicyclic amines) is 1. The van der Waals surface area contributed by atoms with Crippen molar-refractivity contribution in [2.75, 3.05) is 52.9 Å². The highest BCUT2D eigenvalue weighted by atomic mass is 32.2. The third-order valence-electron chi connectivity index (χ3n) is 6.45. The molecule has 1 amide bonds. The first-order valence-corrected chi connectivity index (χ1v) is 12.6. The van der Waals surface area contributed by atoms with Crippen LogP contribution in [0.1, 0.15) is 19.3 Å². The van der Waals surface area contributed by atoms with Crippen LogP contribution in [0.5, 0.6) is 0 Å².